The first kappa shape index (κ1) is 17.5. The molecule has 0 bridgehead atoms. The third kappa shape index (κ3) is 4.22. The molecule has 0 aromatic carbocycles. The molecule has 0 aliphatic carbocycles. The van der Waals surface area contributed by atoms with Crippen molar-refractivity contribution in [1.82, 2.24) is 9.80 Å². The van der Waals surface area contributed by atoms with E-state index in [0.717, 1.165) is 12.0 Å². The Hall–Kier alpha value is -1.52. The average molecular weight is 296 g/mol. The van der Waals surface area contributed by atoms with E-state index < -0.39 is 11.4 Å². The summed E-state index contributed by atoms with van der Waals surface area (Å²) in [5.74, 6) is -0.717. The van der Waals surface area contributed by atoms with Crippen LogP contribution < -0.4 is 0 Å². The molecule has 1 fully saturated rings. The van der Waals surface area contributed by atoms with Crippen molar-refractivity contribution in [3.05, 3.63) is 12.2 Å². The van der Waals surface area contributed by atoms with Crippen molar-refractivity contribution in [1.29, 1.82) is 0 Å². The molecule has 0 aromatic rings. The summed E-state index contributed by atoms with van der Waals surface area (Å²) in [5.41, 5.74) is 0.310. The highest BCUT2D eigenvalue weighted by Crippen LogP contribution is 2.36. The van der Waals surface area contributed by atoms with Crippen LogP contribution in [-0.2, 0) is 4.79 Å². The standard InChI is InChI=1S/C16H28N2O3/c1-5-7-16(14(19)20)8-10-18(11-9-16)15(21)17(6-2)12-13(3)4/h3,5-12H2,1-2,4H3,(H,19,20). The Morgan fingerprint density at radius 2 is 1.86 bits per heavy atom. The molecular weight excluding hydrogens is 268 g/mol. The van der Waals surface area contributed by atoms with Crippen molar-refractivity contribution in [3.63, 3.8) is 0 Å². The Morgan fingerprint density at radius 3 is 2.24 bits per heavy atom. The molecule has 1 N–H and O–H groups in total. The number of hydrogen-bond acceptors (Lipinski definition) is 2. The molecule has 5 nitrogen and oxygen atoms in total. The van der Waals surface area contributed by atoms with Gasteiger partial charge >= 0.3 is 12.0 Å². The molecule has 1 aliphatic heterocycles. The van der Waals surface area contributed by atoms with E-state index in [1.165, 1.54) is 0 Å². The maximum Gasteiger partial charge on any atom is 0.320 e. The summed E-state index contributed by atoms with van der Waals surface area (Å²) in [7, 11) is 0. The van der Waals surface area contributed by atoms with Crippen molar-refractivity contribution in [2.75, 3.05) is 26.2 Å². The zero-order valence-corrected chi connectivity index (χ0v) is 13.5. The highest BCUT2D eigenvalue weighted by atomic mass is 16.4. The average Bonchev–Trinajstić information content (AvgIpc) is 2.44. The zero-order valence-electron chi connectivity index (χ0n) is 13.5. The number of rotatable bonds is 6. The highest BCUT2D eigenvalue weighted by Gasteiger charge is 2.41. The van der Waals surface area contributed by atoms with E-state index in [-0.39, 0.29) is 6.03 Å². The van der Waals surface area contributed by atoms with E-state index in [2.05, 4.69) is 6.58 Å². The Bertz CT molecular complexity index is 398. The van der Waals surface area contributed by atoms with E-state index in [1.54, 1.807) is 9.80 Å². The minimum atomic E-state index is -0.717. The fourth-order valence-corrected chi connectivity index (χ4v) is 3.02. The molecule has 0 spiro atoms. The molecule has 1 heterocycles. The number of hydrogen-bond donors (Lipinski definition) is 1. The molecule has 120 valence electrons. The minimum absolute atomic E-state index is 0.00372. The summed E-state index contributed by atoms with van der Waals surface area (Å²) in [6, 6.07) is -0.00372. The second-order valence-electron chi connectivity index (χ2n) is 6.08. The van der Waals surface area contributed by atoms with Gasteiger partial charge in [-0.25, -0.2) is 4.79 Å². The van der Waals surface area contributed by atoms with Gasteiger partial charge < -0.3 is 14.9 Å². The molecule has 21 heavy (non-hydrogen) atoms. The van der Waals surface area contributed by atoms with Gasteiger partial charge in [0.05, 0.1) is 5.41 Å². The van der Waals surface area contributed by atoms with Crippen molar-refractivity contribution >= 4 is 12.0 Å². The third-order valence-corrected chi connectivity index (χ3v) is 4.29. The predicted molar refractivity (Wildman–Crippen MR) is 83.2 cm³/mol. The highest BCUT2D eigenvalue weighted by molar-refractivity contribution is 5.77. The quantitative estimate of drug-likeness (QED) is 0.767. The Kier molecular flexibility index (Phi) is 6.24. The van der Waals surface area contributed by atoms with Gasteiger partial charge in [0.25, 0.3) is 0 Å². The molecular formula is C16H28N2O3. The number of amides is 2. The van der Waals surface area contributed by atoms with Crippen LogP contribution >= 0.6 is 0 Å². The number of carboxylic acid groups (broad SMARTS) is 1. The van der Waals surface area contributed by atoms with E-state index in [1.807, 2.05) is 20.8 Å². The maximum absolute atomic E-state index is 12.5. The molecule has 0 unspecified atom stereocenters. The molecule has 1 aliphatic rings. The topological polar surface area (TPSA) is 60.9 Å². The van der Waals surface area contributed by atoms with Crippen molar-refractivity contribution in [2.45, 2.75) is 46.5 Å². The number of likely N-dealkylation sites (tertiary alicyclic amines) is 1. The van der Waals surface area contributed by atoms with Gasteiger partial charge in [-0.3, -0.25) is 4.79 Å². The van der Waals surface area contributed by atoms with Gasteiger partial charge in [0, 0.05) is 26.2 Å². The Labute approximate surface area is 127 Å². The first-order valence-corrected chi connectivity index (χ1v) is 7.78. The summed E-state index contributed by atoms with van der Waals surface area (Å²) >= 11 is 0. The summed E-state index contributed by atoms with van der Waals surface area (Å²) in [5, 5.41) is 9.49. The predicted octanol–water partition coefficient (Wildman–Crippen LogP) is 2.97. The van der Waals surface area contributed by atoms with E-state index in [4.69, 9.17) is 0 Å². The first-order valence-electron chi connectivity index (χ1n) is 7.78. The Morgan fingerprint density at radius 1 is 1.29 bits per heavy atom. The molecule has 0 saturated carbocycles. The number of aliphatic carboxylic acids is 1. The zero-order chi connectivity index (χ0) is 16.0. The van der Waals surface area contributed by atoms with Crippen LogP contribution in [0.3, 0.4) is 0 Å². The summed E-state index contributed by atoms with van der Waals surface area (Å²) in [6.45, 7) is 12.0. The van der Waals surface area contributed by atoms with Crippen LogP contribution in [0.4, 0.5) is 4.79 Å². The second-order valence-corrected chi connectivity index (χ2v) is 6.08. The fraction of sp³-hybridized carbons (Fsp3) is 0.750. The number of carboxylic acids is 1. The number of carbonyl (C=O) groups is 2. The number of nitrogens with zero attached hydrogens (tertiary/aromatic N) is 2. The summed E-state index contributed by atoms with van der Waals surface area (Å²) < 4.78 is 0. The third-order valence-electron chi connectivity index (χ3n) is 4.29. The first-order chi connectivity index (χ1) is 9.86. The van der Waals surface area contributed by atoms with Crippen molar-refractivity contribution in [2.24, 2.45) is 5.41 Å². The number of urea groups is 1. The van der Waals surface area contributed by atoms with Gasteiger partial charge in [-0.1, -0.05) is 25.5 Å². The van der Waals surface area contributed by atoms with Crippen molar-refractivity contribution < 1.29 is 14.7 Å². The molecule has 0 radical (unpaired) electrons. The molecule has 0 atom stereocenters. The monoisotopic (exact) mass is 296 g/mol. The SMILES string of the molecule is C=C(C)CN(CC)C(=O)N1CCC(CCC)(C(=O)O)CC1. The normalized spacial score (nSPS) is 17.4. The van der Waals surface area contributed by atoms with Crippen LogP contribution in [-0.4, -0.2) is 53.1 Å². The smallest absolute Gasteiger partial charge is 0.320 e. The molecule has 1 saturated heterocycles. The second kappa shape index (κ2) is 7.48. The number of piperidine rings is 1. The van der Waals surface area contributed by atoms with Gasteiger partial charge in [-0.2, -0.15) is 0 Å². The molecule has 2 amide bonds. The number of carbonyl (C=O) groups excluding carboxylic acids is 1. The van der Waals surface area contributed by atoms with Gasteiger partial charge in [-0.15, -0.1) is 0 Å². The van der Waals surface area contributed by atoms with E-state index in [0.29, 0.717) is 45.4 Å². The van der Waals surface area contributed by atoms with Gasteiger partial charge in [-0.05, 0) is 33.1 Å². The molecule has 5 heteroatoms. The summed E-state index contributed by atoms with van der Waals surface area (Å²) in [6.07, 6.45) is 2.64. The van der Waals surface area contributed by atoms with Crippen LogP contribution in [0.2, 0.25) is 0 Å². The van der Waals surface area contributed by atoms with Crippen LogP contribution in [0.5, 0.6) is 0 Å². The lowest BCUT2D eigenvalue weighted by Crippen LogP contribution is -2.51. The lowest BCUT2D eigenvalue weighted by molar-refractivity contribution is -0.152. The van der Waals surface area contributed by atoms with Gasteiger partial charge in [0.15, 0.2) is 0 Å². The lowest BCUT2D eigenvalue weighted by atomic mass is 9.75. The van der Waals surface area contributed by atoms with Gasteiger partial charge in [0.1, 0.15) is 0 Å². The van der Waals surface area contributed by atoms with Crippen LogP contribution in [0.15, 0.2) is 12.2 Å². The van der Waals surface area contributed by atoms with E-state index >= 15 is 0 Å². The molecule has 0 aromatic heterocycles. The maximum atomic E-state index is 12.5. The fourth-order valence-electron chi connectivity index (χ4n) is 3.02. The number of likely N-dealkylation sites (N-methyl/N-ethyl adjacent to an activating group) is 1. The lowest BCUT2D eigenvalue weighted by Gasteiger charge is -2.40. The van der Waals surface area contributed by atoms with Crippen LogP contribution in [0.1, 0.15) is 46.5 Å². The van der Waals surface area contributed by atoms with Crippen molar-refractivity contribution in [3.8, 4) is 0 Å². The largest absolute Gasteiger partial charge is 0.481 e. The van der Waals surface area contributed by atoms with Crippen LogP contribution in [0.25, 0.3) is 0 Å². The van der Waals surface area contributed by atoms with Gasteiger partial charge in [0.2, 0.25) is 0 Å². The molecule has 1 rings (SSSR count). The Balaban J connectivity index is 2.68. The summed E-state index contributed by atoms with van der Waals surface area (Å²) in [4.78, 5) is 27.6. The minimum Gasteiger partial charge on any atom is -0.481 e. The van der Waals surface area contributed by atoms with Crippen LogP contribution in [0, 0.1) is 5.41 Å². The van der Waals surface area contributed by atoms with E-state index in [9.17, 15) is 14.7 Å².